The van der Waals surface area contributed by atoms with Crippen molar-refractivity contribution in [2.75, 3.05) is 26.2 Å². The molecule has 0 unspecified atom stereocenters. The summed E-state index contributed by atoms with van der Waals surface area (Å²) >= 11 is 6.49. The molecule has 2 aliphatic rings. The number of carbonyl (C=O) groups is 2. The van der Waals surface area contributed by atoms with Gasteiger partial charge in [-0.2, -0.15) is 5.26 Å². The largest absolute Gasteiger partial charge is 0.447 e. The molecule has 1 aliphatic carbocycles. The zero-order chi connectivity index (χ0) is 26.5. The van der Waals surface area contributed by atoms with Crippen LogP contribution in [0.2, 0.25) is 5.02 Å². The van der Waals surface area contributed by atoms with Crippen molar-refractivity contribution in [3.63, 3.8) is 0 Å². The average molecular weight is 525 g/mol. The van der Waals surface area contributed by atoms with Gasteiger partial charge in [-0.3, -0.25) is 9.69 Å². The standard InChI is InChI=1S/C27H33ClN6O3/c1-18(2)37-27(36)34-13-11-33(12-14-34)23-6-4-5-21(22-15-19(28)7-8-20(22)23)26(31-25(35)9-10-29)24-16-30-17-32(24)3/h5,7-8,15-18,23,26H,4,6,9,11-14H2,1-3H3,(H,31,35)/t23-,26-/m1/s1. The third-order valence-electron chi connectivity index (χ3n) is 6.85. The number of fused-ring (bicyclic) bond motifs is 1. The highest BCUT2D eigenvalue weighted by Crippen LogP contribution is 2.42. The van der Waals surface area contributed by atoms with Gasteiger partial charge in [0.25, 0.3) is 0 Å². The summed E-state index contributed by atoms with van der Waals surface area (Å²) < 4.78 is 7.25. The summed E-state index contributed by atoms with van der Waals surface area (Å²) in [6.45, 7) is 6.39. The van der Waals surface area contributed by atoms with Gasteiger partial charge in [-0.05, 0) is 55.5 Å². The van der Waals surface area contributed by atoms with Crippen LogP contribution in [0.1, 0.15) is 62.0 Å². The number of imidazole rings is 1. The van der Waals surface area contributed by atoms with E-state index in [0.29, 0.717) is 18.1 Å². The molecule has 1 saturated heterocycles. The summed E-state index contributed by atoms with van der Waals surface area (Å²) in [6.07, 6.45) is 6.64. The van der Waals surface area contributed by atoms with E-state index in [4.69, 9.17) is 21.6 Å². The maximum atomic E-state index is 12.6. The number of aromatic nitrogens is 2. The lowest BCUT2D eigenvalue weighted by atomic mass is 9.90. The second kappa shape index (κ2) is 11.8. The fourth-order valence-electron chi connectivity index (χ4n) is 5.12. The lowest BCUT2D eigenvalue weighted by Crippen LogP contribution is -2.50. The van der Waals surface area contributed by atoms with Crippen LogP contribution in [0.3, 0.4) is 0 Å². The highest BCUT2D eigenvalue weighted by Gasteiger charge is 2.33. The topological polar surface area (TPSA) is 103 Å². The van der Waals surface area contributed by atoms with E-state index in [0.717, 1.165) is 48.3 Å². The number of hydrogen-bond donors (Lipinski definition) is 1. The van der Waals surface area contributed by atoms with E-state index in [9.17, 15) is 9.59 Å². The minimum atomic E-state index is -0.480. The number of hydrogen-bond acceptors (Lipinski definition) is 6. The number of piperazine rings is 1. The molecule has 1 aromatic heterocycles. The maximum Gasteiger partial charge on any atom is 0.410 e. The van der Waals surface area contributed by atoms with Gasteiger partial charge in [0.1, 0.15) is 6.42 Å². The van der Waals surface area contributed by atoms with Crippen LogP contribution in [0.4, 0.5) is 4.79 Å². The molecule has 1 N–H and O–H groups in total. The zero-order valence-electron chi connectivity index (χ0n) is 21.5. The predicted molar refractivity (Wildman–Crippen MR) is 140 cm³/mol. The molecule has 2 aromatic rings. The van der Waals surface area contributed by atoms with E-state index in [2.05, 4.69) is 27.3 Å². The molecular weight excluding hydrogens is 492 g/mol. The van der Waals surface area contributed by atoms with E-state index in [1.54, 1.807) is 17.4 Å². The first kappa shape index (κ1) is 26.7. The van der Waals surface area contributed by atoms with Crippen LogP contribution in [-0.2, 0) is 16.6 Å². The summed E-state index contributed by atoms with van der Waals surface area (Å²) in [5, 5.41) is 12.7. The fourth-order valence-corrected chi connectivity index (χ4v) is 5.29. The summed E-state index contributed by atoms with van der Waals surface area (Å²) in [6, 6.07) is 7.51. The van der Waals surface area contributed by atoms with Gasteiger partial charge in [0.15, 0.2) is 0 Å². The van der Waals surface area contributed by atoms with Gasteiger partial charge < -0.3 is 19.5 Å². The van der Waals surface area contributed by atoms with E-state index in [1.165, 1.54) is 0 Å². The number of nitrogens with zero attached hydrogens (tertiary/aromatic N) is 5. The van der Waals surface area contributed by atoms with Crippen LogP contribution in [0.25, 0.3) is 5.57 Å². The summed E-state index contributed by atoms with van der Waals surface area (Å²) in [5.74, 6) is -0.344. The zero-order valence-corrected chi connectivity index (χ0v) is 22.2. The lowest BCUT2D eigenvalue weighted by molar-refractivity contribution is -0.120. The van der Waals surface area contributed by atoms with E-state index in [-0.39, 0.29) is 30.6 Å². The van der Waals surface area contributed by atoms with E-state index in [1.807, 2.05) is 43.7 Å². The Balaban J connectivity index is 1.64. The first-order valence-electron chi connectivity index (χ1n) is 12.6. The Hall–Kier alpha value is -3.35. The molecule has 1 fully saturated rings. The second-order valence-corrected chi connectivity index (χ2v) is 10.1. The van der Waals surface area contributed by atoms with Gasteiger partial charge >= 0.3 is 6.09 Å². The van der Waals surface area contributed by atoms with Gasteiger partial charge in [0, 0.05) is 44.3 Å². The minimum absolute atomic E-state index is 0.131. The Kier molecular flexibility index (Phi) is 8.52. The molecule has 2 amide bonds. The van der Waals surface area contributed by atoms with Crippen LogP contribution >= 0.6 is 11.6 Å². The fraction of sp³-hybridized carbons (Fsp3) is 0.481. The molecule has 4 rings (SSSR count). The Labute approximate surface area is 222 Å². The monoisotopic (exact) mass is 524 g/mol. The Bertz CT molecular complexity index is 1210. The summed E-state index contributed by atoms with van der Waals surface area (Å²) in [4.78, 5) is 33.4. The van der Waals surface area contributed by atoms with Gasteiger partial charge in [-0.15, -0.1) is 0 Å². The number of ether oxygens (including phenoxy) is 1. The van der Waals surface area contributed by atoms with Crippen LogP contribution in [0.15, 0.2) is 36.8 Å². The SMILES string of the molecule is CC(C)OC(=O)N1CCN([C@@H]2CCC=C([C@@H](NC(=O)CC#N)c3cncn3C)c3cc(Cl)ccc32)CC1. The van der Waals surface area contributed by atoms with Crippen molar-refractivity contribution >= 4 is 29.2 Å². The number of amides is 2. The Morgan fingerprint density at radius 2 is 2.03 bits per heavy atom. The second-order valence-electron chi connectivity index (χ2n) is 9.70. The van der Waals surface area contributed by atoms with Crippen molar-refractivity contribution < 1.29 is 14.3 Å². The highest BCUT2D eigenvalue weighted by atomic mass is 35.5. The van der Waals surface area contributed by atoms with E-state index < -0.39 is 6.04 Å². The molecular formula is C27H33ClN6O3. The highest BCUT2D eigenvalue weighted by molar-refractivity contribution is 6.30. The first-order chi connectivity index (χ1) is 17.8. The summed E-state index contributed by atoms with van der Waals surface area (Å²) in [7, 11) is 1.88. The first-order valence-corrected chi connectivity index (χ1v) is 13.0. The van der Waals surface area contributed by atoms with Gasteiger partial charge in [0.2, 0.25) is 5.91 Å². The number of rotatable bonds is 6. The number of nitriles is 1. The van der Waals surface area contributed by atoms with Crippen LogP contribution < -0.4 is 5.32 Å². The molecule has 0 spiro atoms. The van der Waals surface area contributed by atoms with E-state index >= 15 is 0 Å². The molecule has 2 atom stereocenters. The number of carbonyl (C=O) groups excluding carboxylic acids is 2. The minimum Gasteiger partial charge on any atom is -0.447 e. The quantitative estimate of drug-likeness (QED) is 0.606. The van der Waals surface area contributed by atoms with Gasteiger partial charge in [-0.1, -0.05) is 23.7 Å². The molecule has 0 bridgehead atoms. The van der Waals surface area contributed by atoms with Crippen LogP contribution in [0.5, 0.6) is 0 Å². The van der Waals surface area contributed by atoms with Crippen molar-refractivity contribution in [3.05, 3.63) is 58.6 Å². The maximum absolute atomic E-state index is 12.6. The Morgan fingerprint density at radius 3 is 2.68 bits per heavy atom. The third kappa shape index (κ3) is 6.14. The van der Waals surface area contributed by atoms with Crippen molar-refractivity contribution in [1.29, 1.82) is 5.26 Å². The van der Waals surface area contributed by atoms with Gasteiger partial charge in [-0.25, -0.2) is 9.78 Å². The molecule has 1 aromatic carbocycles. The lowest BCUT2D eigenvalue weighted by Gasteiger charge is -2.39. The molecule has 10 heteroatoms. The van der Waals surface area contributed by atoms with Crippen molar-refractivity contribution in [1.82, 2.24) is 24.7 Å². The molecule has 0 saturated carbocycles. The predicted octanol–water partition coefficient (Wildman–Crippen LogP) is 4.23. The molecule has 0 radical (unpaired) electrons. The van der Waals surface area contributed by atoms with Crippen molar-refractivity contribution in [3.8, 4) is 6.07 Å². The number of halogens is 1. The molecule has 37 heavy (non-hydrogen) atoms. The van der Waals surface area contributed by atoms with Crippen molar-refractivity contribution in [2.24, 2.45) is 7.05 Å². The molecule has 196 valence electrons. The summed E-state index contributed by atoms with van der Waals surface area (Å²) in [5.41, 5.74) is 3.86. The molecule has 1 aliphatic heterocycles. The van der Waals surface area contributed by atoms with Crippen LogP contribution in [-0.4, -0.2) is 63.6 Å². The third-order valence-corrected chi connectivity index (χ3v) is 7.08. The van der Waals surface area contributed by atoms with Gasteiger partial charge in [0.05, 0.1) is 36.4 Å². The normalized spacial score (nSPS) is 18.9. The number of allylic oxidation sites excluding steroid dienone is 1. The number of benzene rings is 1. The van der Waals surface area contributed by atoms with Crippen molar-refractivity contribution in [2.45, 2.75) is 51.3 Å². The average Bonchev–Trinajstić information content (AvgIpc) is 3.19. The molecule has 9 nitrogen and oxygen atoms in total. The molecule has 2 heterocycles. The Morgan fingerprint density at radius 1 is 1.27 bits per heavy atom. The van der Waals surface area contributed by atoms with Crippen LogP contribution in [0, 0.1) is 11.3 Å². The number of aryl methyl sites for hydroxylation is 1. The smallest absolute Gasteiger partial charge is 0.410 e. The number of nitrogens with one attached hydrogen (secondary N) is 1.